The van der Waals surface area contributed by atoms with Gasteiger partial charge in [0.05, 0.1) is 19.6 Å². The third kappa shape index (κ3) is 7.83. The zero-order valence-corrected chi connectivity index (χ0v) is 28.8. The van der Waals surface area contributed by atoms with Gasteiger partial charge in [0.1, 0.15) is 5.78 Å². The van der Waals surface area contributed by atoms with Gasteiger partial charge in [0.25, 0.3) is 0 Å². The number of benzene rings is 3. The van der Waals surface area contributed by atoms with Gasteiger partial charge in [-0.15, -0.1) is 0 Å². The largest absolute Gasteiger partial charge is 0.493 e. The Bertz CT molecular complexity index is 1520. The highest BCUT2D eigenvalue weighted by Gasteiger charge is 2.48. The highest BCUT2D eigenvalue weighted by molar-refractivity contribution is 5.81. The molecule has 2 aliphatic heterocycles. The zero-order chi connectivity index (χ0) is 33.5. The second kappa shape index (κ2) is 15.8. The van der Waals surface area contributed by atoms with Gasteiger partial charge in [0.2, 0.25) is 12.5 Å². The van der Waals surface area contributed by atoms with Gasteiger partial charge in [-0.05, 0) is 91.0 Å². The van der Waals surface area contributed by atoms with Crippen LogP contribution in [0.3, 0.4) is 0 Å². The number of ketones is 1. The number of hydrogen-bond acceptors (Lipinski definition) is 6. The van der Waals surface area contributed by atoms with Crippen LogP contribution in [-0.2, 0) is 35.3 Å². The smallest absolute Gasteiger partial charge is 0.309 e. The third-order valence-electron chi connectivity index (χ3n) is 9.99. The fraction of sp³-hybridized carbons (Fsp3) is 0.500. The number of Topliss-reactive ketones (excluding diaryl/α,β-unsaturated/α-hetero) is 1. The van der Waals surface area contributed by atoms with Crippen molar-refractivity contribution in [3.8, 4) is 17.2 Å². The van der Waals surface area contributed by atoms with Crippen LogP contribution in [0.5, 0.6) is 17.2 Å². The highest BCUT2D eigenvalue weighted by atomic mass is 16.7. The number of carboxylic acids is 1. The Balaban J connectivity index is 1.40. The lowest BCUT2D eigenvalue weighted by molar-refractivity contribution is -0.143. The maximum atomic E-state index is 13.7. The average Bonchev–Trinajstić information content (AvgIpc) is 3.70. The zero-order valence-electron chi connectivity index (χ0n) is 28.8. The summed E-state index contributed by atoms with van der Waals surface area (Å²) in [6.07, 6.45) is 8.56. The maximum absolute atomic E-state index is 13.7. The van der Waals surface area contributed by atoms with E-state index >= 15 is 0 Å². The van der Waals surface area contributed by atoms with Crippen molar-refractivity contribution in [3.63, 3.8) is 0 Å². The van der Waals surface area contributed by atoms with E-state index in [4.69, 9.17) is 14.2 Å². The van der Waals surface area contributed by atoms with Gasteiger partial charge in [0.15, 0.2) is 11.5 Å². The van der Waals surface area contributed by atoms with Crippen LogP contribution in [0.15, 0.2) is 48.5 Å². The molecule has 0 saturated carbocycles. The summed E-state index contributed by atoms with van der Waals surface area (Å²) in [5.74, 6) is -0.250. The van der Waals surface area contributed by atoms with Gasteiger partial charge < -0.3 is 19.3 Å². The highest BCUT2D eigenvalue weighted by Crippen LogP contribution is 2.50. The van der Waals surface area contributed by atoms with Crippen molar-refractivity contribution in [2.24, 2.45) is 5.92 Å². The molecule has 0 aliphatic carbocycles. The number of carbonyl (C=O) groups excluding carboxylic acids is 1. The fourth-order valence-corrected chi connectivity index (χ4v) is 7.64. The van der Waals surface area contributed by atoms with E-state index in [1.807, 2.05) is 12.1 Å². The summed E-state index contributed by atoms with van der Waals surface area (Å²) in [6.45, 7) is 9.48. The molecule has 2 aliphatic rings. The Morgan fingerprint density at radius 1 is 0.915 bits per heavy atom. The summed E-state index contributed by atoms with van der Waals surface area (Å²) in [7, 11) is 1.57. The first-order valence-corrected chi connectivity index (χ1v) is 17.4. The molecule has 1 saturated heterocycles. The third-order valence-corrected chi connectivity index (χ3v) is 9.99. The lowest BCUT2D eigenvalue weighted by Gasteiger charge is -2.27. The number of aryl methyl sites for hydroxylation is 4. The molecule has 3 aromatic carbocycles. The van der Waals surface area contributed by atoms with Gasteiger partial charge >= 0.3 is 5.97 Å². The van der Waals surface area contributed by atoms with Crippen LogP contribution in [0, 0.1) is 12.8 Å². The molecular formula is C40H51NO6. The van der Waals surface area contributed by atoms with Gasteiger partial charge in [-0.25, -0.2) is 0 Å². The lowest BCUT2D eigenvalue weighted by atomic mass is 9.82. The number of unbranched alkanes of at least 4 members (excludes halogenated alkanes) is 2. The van der Waals surface area contributed by atoms with Gasteiger partial charge in [-0.1, -0.05) is 75.6 Å². The number of aliphatic carboxylic acids is 1. The number of methoxy groups -OCH3 is 1. The molecule has 0 spiro atoms. The van der Waals surface area contributed by atoms with Crippen LogP contribution in [0.4, 0.5) is 0 Å². The molecule has 0 radical (unpaired) electrons. The topological polar surface area (TPSA) is 85.3 Å². The van der Waals surface area contributed by atoms with Crippen LogP contribution in [0.25, 0.3) is 0 Å². The molecule has 252 valence electrons. The Morgan fingerprint density at radius 3 is 2.28 bits per heavy atom. The van der Waals surface area contributed by atoms with E-state index in [-0.39, 0.29) is 25.0 Å². The summed E-state index contributed by atoms with van der Waals surface area (Å²) >= 11 is 0. The van der Waals surface area contributed by atoms with Crippen molar-refractivity contribution >= 4 is 11.8 Å². The number of hydrogen-bond donors (Lipinski definition) is 1. The van der Waals surface area contributed by atoms with E-state index in [1.165, 1.54) is 40.7 Å². The fourth-order valence-electron chi connectivity index (χ4n) is 7.64. The monoisotopic (exact) mass is 641 g/mol. The molecule has 7 nitrogen and oxygen atoms in total. The Morgan fingerprint density at radius 2 is 1.64 bits per heavy atom. The van der Waals surface area contributed by atoms with Crippen LogP contribution < -0.4 is 14.2 Å². The molecule has 0 unspecified atom stereocenters. The molecule has 5 rings (SSSR count). The first-order valence-electron chi connectivity index (χ1n) is 17.4. The minimum Gasteiger partial charge on any atom is -0.493 e. The van der Waals surface area contributed by atoms with E-state index in [9.17, 15) is 14.7 Å². The number of carboxylic acid groups (broad SMARTS) is 1. The molecule has 1 fully saturated rings. The number of nitrogens with zero attached hydrogens (tertiary/aromatic N) is 1. The molecule has 47 heavy (non-hydrogen) atoms. The summed E-state index contributed by atoms with van der Waals surface area (Å²) in [4.78, 5) is 28.9. The SMILES string of the molecule is CCCCCc1ccc([C@H]2[C@H](C(=O)O)[C@@H](c3cc(OC)c4c(c3)OCO4)CN2CC(=O)CCCc2c(CC)cc(C)cc2CC)cc1. The van der Waals surface area contributed by atoms with Crippen molar-refractivity contribution < 1.29 is 28.9 Å². The number of rotatable bonds is 16. The summed E-state index contributed by atoms with van der Waals surface area (Å²) < 4.78 is 16.9. The molecule has 0 bridgehead atoms. The summed E-state index contributed by atoms with van der Waals surface area (Å²) in [6, 6.07) is 16.2. The molecule has 0 amide bonds. The van der Waals surface area contributed by atoms with Gasteiger partial charge in [-0.2, -0.15) is 0 Å². The molecular weight excluding hydrogens is 590 g/mol. The molecule has 7 heteroatoms. The minimum atomic E-state index is -0.878. The van der Waals surface area contributed by atoms with Crippen molar-refractivity contribution in [2.75, 3.05) is 27.0 Å². The van der Waals surface area contributed by atoms with Crippen LogP contribution in [0.2, 0.25) is 0 Å². The quantitative estimate of drug-likeness (QED) is 0.159. The second-order valence-electron chi connectivity index (χ2n) is 13.2. The summed E-state index contributed by atoms with van der Waals surface area (Å²) in [5, 5.41) is 10.7. The predicted octanol–water partition coefficient (Wildman–Crippen LogP) is 8.02. The Labute approximate surface area is 280 Å². The molecule has 2 heterocycles. The molecule has 3 atom stereocenters. The van der Waals surface area contributed by atoms with Gasteiger partial charge in [-0.3, -0.25) is 14.5 Å². The van der Waals surface area contributed by atoms with Crippen LogP contribution >= 0.6 is 0 Å². The van der Waals surface area contributed by atoms with E-state index in [0.29, 0.717) is 30.2 Å². The van der Waals surface area contributed by atoms with Crippen molar-refractivity contribution in [3.05, 3.63) is 87.5 Å². The Hall–Kier alpha value is -3.84. The minimum absolute atomic E-state index is 0.0954. The van der Waals surface area contributed by atoms with Crippen LogP contribution in [-0.4, -0.2) is 48.8 Å². The Kier molecular flexibility index (Phi) is 11.6. The summed E-state index contributed by atoms with van der Waals surface area (Å²) in [5.41, 5.74) is 8.41. The number of likely N-dealkylation sites (tertiary alicyclic amines) is 1. The first kappa shape index (κ1) is 34.5. The normalized spacial score (nSPS) is 18.9. The predicted molar refractivity (Wildman–Crippen MR) is 185 cm³/mol. The number of carbonyl (C=O) groups is 2. The number of fused-ring (bicyclic) bond motifs is 1. The maximum Gasteiger partial charge on any atom is 0.309 e. The van der Waals surface area contributed by atoms with Crippen LogP contribution in [0.1, 0.15) is 104 Å². The first-order chi connectivity index (χ1) is 22.8. The van der Waals surface area contributed by atoms with E-state index in [2.05, 4.69) is 69.0 Å². The standard InChI is InChI=1S/C40H51NO6/c1-6-9-10-12-27-15-17-30(18-16-27)38-37(40(43)44)34(31-21-35(45-5)39-36(22-31)46-25-47-39)24-41(38)23-32(42)13-11-14-33-28(7-2)19-26(4)20-29(33)8-3/h15-22,34,37-38H,6-14,23-25H2,1-5H3,(H,43,44)/t34-,37-,38+/m1/s1. The molecule has 1 N–H and O–H groups in total. The second-order valence-corrected chi connectivity index (χ2v) is 13.2. The van der Waals surface area contributed by atoms with Crippen molar-refractivity contribution in [1.82, 2.24) is 4.90 Å². The van der Waals surface area contributed by atoms with E-state index in [0.717, 1.165) is 49.7 Å². The van der Waals surface area contributed by atoms with E-state index in [1.54, 1.807) is 7.11 Å². The number of ether oxygens (including phenoxy) is 3. The van der Waals surface area contributed by atoms with Gasteiger partial charge in [0, 0.05) is 24.9 Å². The molecule has 0 aromatic heterocycles. The van der Waals surface area contributed by atoms with Crippen molar-refractivity contribution in [2.45, 2.75) is 97.4 Å². The van der Waals surface area contributed by atoms with E-state index < -0.39 is 17.9 Å². The average molecular weight is 642 g/mol. The lowest BCUT2D eigenvalue weighted by Crippen LogP contribution is -2.32. The molecule has 3 aromatic rings. The van der Waals surface area contributed by atoms with Crippen molar-refractivity contribution in [1.29, 1.82) is 0 Å².